The molecule has 0 saturated heterocycles. The van der Waals surface area contributed by atoms with Crippen LogP contribution in [0.15, 0.2) is 28.7 Å². The summed E-state index contributed by atoms with van der Waals surface area (Å²) in [7, 11) is 0. The van der Waals surface area contributed by atoms with Crippen LogP contribution in [0.3, 0.4) is 0 Å². The SMILES string of the molecule is Cc1cc(C(O)Cc2cccc(Cl)c2F)c(C)o1. The van der Waals surface area contributed by atoms with Gasteiger partial charge in [-0.2, -0.15) is 0 Å². The van der Waals surface area contributed by atoms with Gasteiger partial charge in [0.2, 0.25) is 0 Å². The van der Waals surface area contributed by atoms with Crippen LogP contribution in [-0.2, 0) is 6.42 Å². The van der Waals surface area contributed by atoms with Crippen LogP contribution in [0.1, 0.15) is 28.8 Å². The number of benzene rings is 1. The van der Waals surface area contributed by atoms with Crippen molar-refractivity contribution in [1.82, 2.24) is 0 Å². The number of hydrogen-bond acceptors (Lipinski definition) is 2. The Morgan fingerprint density at radius 1 is 1.39 bits per heavy atom. The second kappa shape index (κ2) is 5.12. The van der Waals surface area contributed by atoms with Crippen molar-refractivity contribution in [1.29, 1.82) is 0 Å². The molecular formula is C14H14ClFO2. The van der Waals surface area contributed by atoms with Crippen molar-refractivity contribution in [2.75, 3.05) is 0 Å². The van der Waals surface area contributed by atoms with E-state index in [1.54, 1.807) is 25.1 Å². The van der Waals surface area contributed by atoms with Crippen molar-refractivity contribution in [2.45, 2.75) is 26.4 Å². The van der Waals surface area contributed by atoms with Gasteiger partial charge in [0.1, 0.15) is 17.3 Å². The molecule has 2 nitrogen and oxygen atoms in total. The van der Waals surface area contributed by atoms with Gasteiger partial charge < -0.3 is 9.52 Å². The largest absolute Gasteiger partial charge is 0.466 e. The molecule has 1 N–H and O–H groups in total. The molecule has 0 saturated carbocycles. The third kappa shape index (κ3) is 2.57. The van der Waals surface area contributed by atoms with Gasteiger partial charge in [-0.25, -0.2) is 4.39 Å². The zero-order valence-electron chi connectivity index (χ0n) is 10.2. The lowest BCUT2D eigenvalue weighted by Gasteiger charge is -2.11. The Hall–Kier alpha value is -1.32. The van der Waals surface area contributed by atoms with E-state index in [0.717, 1.165) is 5.76 Å². The highest BCUT2D eigenvalue weighted by atomic mass is 35.5. The third-order valence-electron chi connectivity index (χ3n) is 2.88. The van der Waals surface area contributed by atoms with Gasteiger partial charge >= 0.3 is 0 Å². The quantitative estimate of drug-likeness (QED) is 0.914. The van der Waals surface area contributed by atoms with E-state index in [1.807, 2.05) is 6.92 Å². The number of aliphatic hydroxyl groups is 1. The first-order chi connectivity index (χ1) is 8.49. The van der Waals surface area contributed by atoms with Crippen molar-refractivity contribution >= 4 is 11.6 Å². The van der Waals surface area contributed by atoms with Gasteiger partial charge in [-0.3, -0.25) is 0 Å². The second-order valence-corrected chi connectivity index (χ2v) is 4.71. The summed E-state index contributed by atoms with van der Waals surface area (Å²) >= 11 is 5.70. The lowest BCUT2D eigenvalue weighted by molar-refractivity contribution is 0.175. The maximum Gasteiger partial charge on any atom is 0.145 e. The summed E-state index contributed by atoms with van der Waals surface area (Å²) in [6, 6.07) is 6.54. The van der Waals surface area contributed by atoms with E-state index in [1.165, 1.54) is 6.07 Å². The second-order valence-electron chi connectivity index (χ2n) is 4.30. The van der Waals surface area contributed by atoms with Crippen LogP contribution in [0.5, 0.6) is 0 Å². The molecule has 0 aliphatic carbocycles. The van der Waals surface area contributed by atoms with Crippen LogP contribution in [0.2, 0.25) is 5.02 Å². The molecule has 2 rings (SSSR count). The first kappa shape index (κ1) is 13.1. The van der Waals surface area contributed by atoms with Gasteiger partial charge in [0, 0.05) is 12.0 Å². The molecule has 0 radical (unpaired) electrons. The van der Waals surface area contributed by atoms with E-state index in [0.29, 0.717) is 16.9 Å². The highest BCUT2D eigenvalue weighted by Gasteiger charge is 2.17. The first-order valence-corrected chi connectivity index (χ1v) is 6.04. The lowest BCUT2D eigenvalue weighted by atomic mass is 10.0. The molecule has 1 heterocycles. The Bertz CT molecular complexity index is 563. The first-order valence-electron chi connectivity index (χ1n) is 5.67. The summed E-state index contributed by atoms with van der Waals surface area (Å²) in [4.78, 5) is 0. The van der Waals surface area contributed by atoms with Crippen molar-refractivity contribution in [3.8, 4) is 0 Å². The van der Waals surface area contributed by atoms with Crippen LogP contribution < -0.4 is 0 Å². The molecule has 2 aromatic rings. The fourth-order valence-corrected chi connectivity index (χ4v) is 2.20. The zero-order chi connectivity index (χ0) is 13.3. The van der Waals surface area contributed by atoms with Gasteiger partial charge in [-0.15, -0.1) is 0 Å². The predicted molar refractivity (Wildman–Crippen MR) is 68.3 cm³/mol. The van der Waals surface area contributed by atoms with Crippen molar-refractivity contribution in [3.63, 3.8) is 0 Å². The molecule has 1 unspecified atom stereocenters. The van der Waals surface area contributed by atoms with E-state index >= 15 is 0 Å². The number of hydrogen-bond donors (Lipinski definition) is 1. The minimum atomic E-state index is -0.796. The van der Waals surface area contributed by atoms with E-state index in [9.17, 15) is 9.50 Å². The predicted octanol–water partition coefficient (Wildman–Crippen LogP) is 3.97. The molecule has 18 heavy (non-hydrogen) atoms. The van der Waals surface area contributed by atoms with E-state index in [-0.39, 0.29) is 11.4 Å². The molecule has 1 aromatic heterocycles. The highest BCUT2D eigenvalue weighted by molar-refractivity contribution is 6.30. The van der Waals surface area contributed by atoms with Crippen LogP contribution in [0.4, 0.5) is 4.39 Å². The molecule has 4 heteroatoms. The molecule has 96 valence electrons. The average Bonchev–Trinajstić information content (AvgIpc) is 2.64. The van der Waals surface area contributed by atoms with Crippen LogP contribution in [0, 0.1) is 19.7 Å². The summed E-state index contributed by atoms with van der Waals surface area (Å²) in [6.07, 6.45) is -0.623. The van der Waals surface area contributed by atoms with E-state index < -0.39 is 11.9 Å². The minimum Gasteiger partial charge on any atom is -0.466 e. The van der Waals surface area contributed by atoms with Gasteiger partial charge in [-0.1, -0.05) is 23.7 Å². The molecule has 0 amide bonds. The van der Waals surface area contributed by atoms with Crippen LogP contribution in [0.25, 0.3) is 0 Å². The third-order valence-corrected chi connectivity index (χ3v) is 3.18. The Morgan fingerprint density at radius 3 is 2.72 bits per heavy atom. The molecule has 0 aliphatic rings. The number of furan rings is 1. The van der Waals surface area contributed by atoms with Crippen molar-refractivity contribution in [2.24, 2.45) is 0 Å². The maximum atomic E-state index is 13.7. The molecule has 1 aromatic carbocycles. The van der Waals surface area contributed by atoms with Crippen LogP contribution >= 0.6 is 11.6 Å². The molecule has 1 atom stereocenters. The summed E-state index contributed by atoms with van der Waals surface area (Å²) in [5, 5.41) is 10.2. The molecular weight excluding hydrogens is 255 g/mol. The van der Waals surface area contributed by atoms with Gasteiger partial charge in [-0.05, 0) is 31.5 Å². The van der Waals surface area contributed by atoms with Crippen molar-refractivity contribution in [3.05, 3.63) is 57.8 Å². The Balaban J connectivity index is 2.24. The molecule has 0 fully saturated rings. The molecule has 0 bridgehead atoms. The minimum absolute atomic E-state index is 0.0693. The summed E-state index contributed by atoms with van der Waals surface area (Å²) in [5.41, 5.74) is 1.08. The normalized spacial score (nSPS) is 12.7. The number of rotatable bonds is 3. The molecule has 0 spiro atoms. The smallest absolute Gasteiger partial charge is 0.145 e. The summed E-state index contributed by atoms with van der Waals surface area (Å²) in [5.74, 6) is 0.909. The number of aryl methyl sites for hydroxylation is 2. The fourth-order valence-electron chi connectivity index (χ4n) is 2.01. The Kier molecular flexibility index (Phi) is 3.73. The van der Waals surface area contributed by atoms with Gasteiger partial charge in [0.05, 0.1) is 11.1 Å². The number of halogens is 2. The van der Waals surface area contributed by atoms with Gasteiger partial charge in [0.25, 0.3) is 0 Å². The summed E-state index contributed by atoms with van der Waals surface area (Å²) < 4.78 is 19.1. The van der Waals surface area contributed by atoms with E-state index in [4.69, 9.17) is 16.0 Å². The summed E-state index contributed by atoms with van der Waals surface area (Å²) in [6.45, 7) is 3.59. The zero-order valence-corrected chi connectivity index (χ0v) is 11.0. The monoisotopic (exact) mass is 268 g/mol. The van der Waals surface area contributed by atoms with Gasteiger partial charge in [0.15, 0.2) is 0 Å². The lowest BCUT2D eigenvalue weighted by Crippen LogP contribution is -2.04. The number of aliphatic hydroxyl groups excluding tert-OH is 1. The Morgan fingerprint density at radius 2 is 2.11 bits per heavy atom. The van der Waals surface area contributed by atoms with Crippen molar-refractivity contribution < 1.29 is 13.9 Å². The van der Waals surface area contributed by atoms with E-state index in [2.05, 4.69) is 0 Å². The fraction of sp³-hybridized carbons (Fsp3) is 0.286. The Labute approximate surface area is 110 Å². The topological polar surface area (TPSA) is 33.4 Å². The molecule has 0 aliphatic heterocycles. The van der Waals surface area contributed by atoms with Crippen LogP contribution in [-0.4, -0.2) is 5.11 Å². The maximum absolute atomic E-state index is 13.7. The highest BCUT2D eigenvalue weighted by Crippen LogP contribution is 2.27. The standard InChI is InChI=1S/C14H14ClFO2/c1-8-6-11(9(2)18-8)13(17)7-10-4-3-5-12(15)14(10)16/h3-6,13,17H,7H2,1-2H3. The average molecular weight is 269 g/mol.